The molecule has 3 atom stereocenters. The van der Waals surface area contributed by atoms with Crippen molar-refractivity contribution < 1.29 is 0 Å². The number of nitrogens with zero attached hydrogens (tertiary/aromatic N) is 1. The zero-order valence-electron chi connectivity index (χ0n) is 16.9. The van der Waals surface area contributed by atoms with E-state index in [9.17, 15) is 0 Å². The van der Waals surface area contributed by atoms with Crippen LogP contribution in [0.1, 0.15) is 102 Å². The van der Waals surface area contributed by atoms with Crippen LogP contribution in [0.3, 0.4) is 0 Å². The van der Waals surface area contributed by atoms with Crippen molar-refractivity contribution in [2.45, 2.75) is 90.4 Å². The number of hydrogen-bond donors (Lipinski definition) is 0. The van der Waals surface area contributed by atoms with Crippen LogP contribution in [0.15, 0.2) is 24.3 Å². The van der Waals surface area contributed by atoms with Crippen LogP contribution >= 0.6 is 0 Å². The Morgan fingerprint density at radius 2 is 1.62 bits per heavy atom. The summed E-state index contributed by atoms with van der Waals surface area (Å²) >= 11 is 0. The zero-order valence-corrected chi connectivity index (χ0v) is 16.9. The van der Waals surface area contributed by atoms with Gasteiger partial charge in [-0.05, 0) is 79.4 Å². The maximum absolute atomic E-state index is 9.00. The molecule has 1 aromatic rings. The van der Waals surface area contributed by atoms with Gasteiger partial charge in [0.15, 0.2) is 0 Å². The Bertz CT molecular complexity index is 573. The van der Waals surface area contributed by atoms with Crippen molar-refractivity contribution in [3.05, 3.63) is 35.4 Å². The minimum absolute atomic E-state index is 0.698. The highest BCUT2D eigenvalue weighted by molar-refractivity contribution is 5.33. The molecule has 0 heterocycles. The van der Waals surface area contributed by atoms with Gasteiger partial charge in [0.2, 0.25) is 0 Å². The first-order chi connectivity index (χ1) is 12.7. The molecular weight excluding hydrogens is 314 g/mol. The lowest BCUT2D eigenvalue weighted by Gasteiger charge is -2.41. The molecule has 1 aromatic carbocycles. The average Bonchev–Trinajstić information content (AvgIpc) is 2.69. The fourth-order valence-corrected chi connectivity index (χ4v) is 5.80. The number of nitriles is 1. The molecule has 1 nitrogen and oxygen atoms in total. The van der Waals surface area contributed by atoms with Gasteiger partial charge < -0.3 is 0 Å². The highest BCUT2D eigenvalue weighted by Crippen LogP contribution is 2.46. The van der Waals surface area contributed by atoms with Gasteiger partial charge in [-0.1, -0.05) is 64.5 Å². The topological polar surface area (TPSA) is 23.8 Å². The lowest BCUT2D eigenvalue weighted by molar-refractivity contribution is 0.130. The van der Waals surface area contributed by atoms with Gasteiger partial charge >= 0.3 is 0 Å². The van der Waals surface area contributed by atoms with Crippen LogP contribution in [0.2, 0.25) is 0 Å². The van der Waals surface area contributed by atoms with Crippen molar-refractivity contribution in [1.29, 1.82) is 5.26 Å². The fourth-order valence-electron chi connectivity index (χ4n) is 5.80. The molecule has 0 radical (unpaired) electrons. The second-order valence-electron chi connectivity index (χ2n) is 9.17. The Balaban J connectivity index is 1.47. The molecule has 0 N–H and O–H groups in total. The molecule has 0 saturated heterocycles. The molecule has 0 aromatic heterocycles. The molecule has 2 aliphatic carbocycles. The van der Waals surface area contributed by atoms with E-state index in [4.69, 9.17) is 5.26 Å². The van der Waals surface area contributed by atoms with E-state index in [-0.39, 0.29) is 0 Å². The Morgan fingerprint density at radius 3 is 2.23 bits per heavy atom. The summed E-state index contributed by atoms with van der Waals surface area (Å²) in [6.07, 6.45) is 15.9. The summed E-state index contributed by atoms with van der Waals surface area (Å²) in [5, 5.41) is 9.00. The standard InChI is InChI=1S/C25H37N/c1-3-4-5-6-20-7-11-22(12-8-20)24-15-16-25(19(2)17-24)23-13-9-21(18-26)10-14-23/h9-10,13-14,19-20,22,24-25H,3-8,11-12,15-17H2,1-2H3. The van der Waals surface area contributed by atoms with Crippen molar-refractivity contribution in [3.63, 3.8) is 0 Å². The van der Waals surface area contributed by atoms with Gasteiger partial charge in [0.1, 0.15) is 0 Å². The molecule has 142 valence electrons. The molecular formula is C25H37N. The lowest BCUT2D eigenvalue weighted by Crippen LogP contribution is -2.29. The maximum Gasteiger partial charge on any atom is 0.0991 e. The number of rotatable bonds is 6. The third-order valence-electron chi connectivity index (χ3n) is 7.45. The van der Waals surface area contributed by atoms with Gasteiger partial charge in [-0.25, -0.2) is 0 Å². The Labute approximate surface area is 161 Å². The van der Waals surface area contributed by atoms with E-state index in [0.29, 0.717) is 5.92 Å². The third kappa shape index (κ3) is 4.91. The first-order valence-corrected chi connectivity index (χ1v) is 11.2. The molecule has 3 unspecified atom stereocenters. The highest BCUT2D eigenvalue weighted by Gasteiger charge is 2.34. The molecule has 2 fully saturated rings. The Kier molecular flexibility index (Phi) is 7.18. The van der Waals surface area contributed by atoms with Crippen molar-refractivity contribution in [3.8, 4) is 6.07 Å². The van der Waals surface area contributed by atoms with Crippen molar-refractivity contribution in [2.24, 2.45) is 23.7 Å². The van der Waals surface area contributed by atoms with Crippen molar-refractivity contribution in [1.82, 2.24) is 0 Å². The van der Waals surface area contributed by atoms with E-state index in [1.165, 1.54) is 76.2 Å². The van der Waals surface area contributed by atoms with Crippen LogP contribution < -0.4 is 0 Å². The van der Waals surface area contributed by atoms with Crippen LogP contribution in [0, 0.1) is 35.0 Å². The molecule has 1 heteroatoms. The Morgan fingerprint density at radius 1 is 0.923 bits per heavy atom. The van der Waals surface area contributed by atoms with Crippen LogP contribution in [-0.4, -0.2) is 0 Å². The molecule has 2 aliphatic rings. The number of unbranched alkanes of at least 4 members (excludes halogenated alkanes) is 2. The summed E-state index contributed by atoms with van der Waals surface area (Å²) in [4.78, 5) is 0. The summed E-state index contributed by atoms with van der Waals surface area (Å²) in [6, 6.07) is 10.6. The van der Waals surface area contributed by atoms with E-state index in [1.807, 2.05) is 12.1 Å². The minimum Gasteiger partial charge on any atom is -0.192 e. The lowest BCUT2D eigenvalue weighted by atomic mass is 9.65. The van der Waals surface area contributed by atoms with Gasteiger partial charge in [-0.3, -0.25) is 0 Å². The monoisotopic (exact) mass is 351 g/mol. The third-order valence-corrected chi connectivity index (χ3v) is 7.45. The quantitative estimate of drug-likeness (QED) is 0.488. The molecule has 0 spiro atoms. The number of benzene rings is 1. The van der Waals surface area contributed by atoms with E-state index < -0.39 is 0 Å². The van der Waals surface area contributed by atoms with E-state index in [0.717, 1.165) is 29.2 Å². The summed E-state index contributed by atoms with van der Waals surface area (Å²) in [6.45, 7) is 4.78. The summed E-state index contributed by atoms with van der Waals surface area (Å²) < 4.78 is 0. The number of hydrogen-bond acceptors (Lipinski definition) is 1. The average molecular weight is 352 g/mol. The smallest absolute Gasteiger partial charge is 0.0991 e. The van der Waals surface area contributed by atoms with Crippen LogP contribution in [0.4, 0.5) is 0 Å². The molecule has 0 bridgehead atoms. The van der Waals surface area contributed by atoms with Crippen LogP contribution in [-0.2, 0) is 0 Å². The molecule has 0 amide bonds. The predicted molar refractivity (Wildman–Crippen MR) is 110 cm³/mol. The first-order valence-electron chi connectivity index (χ1n) is 11.2. The zero-order chi connectivity index (χ0) is 18.4. The predicted octanol–water partition coefficient (Wildman–Crippen LogP) is 7.46. The molecule has 3 rings (SSSR count). The van der Waals surface area contributed by atoms with Crippen LogP contribution in [0.25, 0.3) is 0 Å². The van der Waals surface area contributed by atoms with Crippen molar-refractivity contribution >= 4 is 0 Å². The summed E-state index contributed by atoms with van der Waals surface area (Å²) in [5.41, 5.74) is 2.24. The van der Waals surface area contributed by atoms with E-state index >= 15 is 0 Å². The van der Waals surface area contributed by atoms with Crippen LogP contribution in [0.5, 0.6) is 0 Å². The van der Waals surface area contributed by atoms with E-state index in [1.54, 1.807) is 0 Å². The second-order valence-corrected chi connectivity index (χ2v) is 9.17. The molecule has 2 saturated carbocycles. The summed E-state index contributed by atoms with van der Waals surface area (Å²) in [5.74, 6) is 4.48. The second kappa shape index (κ2) is 9.59. The summed E-state index contributed by atoms with van der Waals surface area (Å²) in [7, 11) is 0. The highest BCUT2D eigenvalue weighted by atomic mass is 14.4. The Hall–Kier alpha value is -1.29. The maximum atomic E-state index is 9.00. The van der Waals surface area contributed by atoms with Gasteiger partial charge in [-0.15, -0.1) is 0 Å². The van der Waals surface area contributed by atoms with Gasteiger partial charge in [-0.2, -0.15) is 5.26 Å². The fraction of sp³-hybridized carbons (Fsp3) is 0.720. The first kappa shape index (κ1) is 19.5. The van der Waals surface area contributed by atoms with Gasteiger partial charge in [0, 0.05) is 0 Å². The normalized spacial score (nSPS) is 32.1. The molecule has 0 aliphatic heterocycles. The van der Waals surface area contributed by atoms with Gasteiger partial charge in [0.25, 0.3) is 0 Å². The molecule has 26 heavy (non-hydrogen) atoms. The minimum atomic E-state index is 0.698. The van der Waals surface area contributed by atoms with Crippen molar-refractivity contribution in [2.75, 3.05) is 0 Å². The van der Waals surface area contributed by atoms with E-state index in [2.05, 4.69) is 32.0 Å². The van der Waals surface area contributed by atoms with Gasteiger partial charge in [0.05, 0.1) is 11.6 Å². The largest absolute Gasteiger partial charge is 0.192 e. The SMILES string of the molecule is CCCCCC1CCC(C2CCC(c3ccc(C#N)cc3)C(C)C2)CC1.